The molecule has 0 saturated carbocycles. The van der Waals surface area contributed by atoms with Crippen molar-refractivity contribution in [2.24, 2.45) is 0 Å². The van der Waals surface area contributed by atoms with Crippen molar-refractivity contribution in [3.8, 4) is 0 Å². The van der Waals surface area contributed by atoms with Gasteiger partial charge in [-0.1, -0.05) is 32.6 Å². The second-order valence-corrected chi connectivity index (χ2v) is 6.04. The zero-order valence-corrected chi connectivity index (χ0v) is 14.0. The first-order chi connectivity index (χ1) is 7.38. The molecule has 0 heterocycles. The molecular formula is C11H23NaO4S. The fourth-order valence-corrected chi connectivity index (χ4v) is 2.59. The Morgan fingerprint density at radius 1 is 1.12 bits per heavy atom. The van der Waals surface area contributed by atoms with E-state index in [4.69, 9.17) is 5.11 Å². The van der Waals surface area contributed by atoms with Gasteiger partial charge in [-0.2, -0.15) is 0 Å². The molecule has 0 aliphatic carbocycles. The van der Waals surface area contributed by atoms with E-state index in [1.54, 1.807) is 6.92 Å². The third-order valence-corrected chi connectivity index (χ3v) is 3.97. The molecule has 0 radical (unpaired) electrons. The zero-order valence-electron chi connectivity index (χ0n) is 11.2. The first-order valence-corrected chi connectivity index (χ1v) is 7.47. The molecular weight excluding hydrogens is 251 g/mol. The minimum atomic E-state index is -4.15. The molecule has 0 aliphatic heterocycles. The van der Waals surface area contributed by atoms with Crippen LogP contribution in [0.3, 0.4) is 0 Å². The Bertz CT molecular complexity index is 265. The van der Waals surface area contributed by atoms with Crippen molar-refractivity contribution >= 4 is 10.1 Å². The molecule has 0 aliphatic rings. The summed E-state index contributed by atoms with van der Waals surface area (Å²) in [7, 11) is -4.15. The summed E-state index contributed by atoms with van der Waals surface area (Å²) in [6.45, 7) is 3.68. The topological polar surface area (TPSA) is 77.4 Å². The van der Waals surface area contributed by atoms with Crippen LogP contribution in [0.2, 0.25) is 0 Å². The SMILES string of the molecule is CCCCC(CCCCC(C)O)S(=O)(=O)[O-].[Na+]. The predicted octanol–water partition coefficient (Wildman–Crippen LogP) is -0.964. The normalized spacial score (nSPS) is 15.1. The largest absolute Gasteiger partial charge is 1.00 e. The Hall–Kier alpha value is 0.870. The van der Waals surface area contributed by atoms with Gasteiger partial charge in [0, 0.05) is 5.25 Å². The van der Waals surface area contributed by atoms with Gasteiger partial charge in [-0.3, -0.25) is 0 Å². The fraction of sp³-hybridized carbons (Fsp3) is 1.00. The Balaban J connectivity index is 0. The maximum atomic E-state index is 11.0. The fourth-order valence-electron chi connectivity index (χ4n) is 1.68. The van der Waals surface area contributed by atoms with Crippen molar-refractivity contribution in [3.05, 3.63) is 0 Å². The molecule has 0 aromatic carbocycles. The van der Waals surface area contributed by atoms with Gasteiger partial charge in [0.05, 0.1) is 16.2 Å². The van der Waals surface area contributed by atoms with Crippen molar-refractivity contribution in [3.63, 3.8) is 0 Å². The van der Waals surface area contributed by atoms with E-state index in [-0.39, 0.29) is 35.7 Å². The van der Waals surface area contributed by atoms with Gasteiger partial charge >= 0.3 is 29.6 Å². The van der Waals surface area contributed by atoms with Crippen molar-refractivity contribution in [2.45, 2.75) is 70.1 Å². The minimum Gasteiger partial charge on any atom is -0.748 e. The number of hydrogen-bond donors (Lipinski definition) is 1. The standard InChI is InChI=1S/C11H24O4S.Na/c1-3-4-8-11(16(13,14)15)9-6-5-7-10(2)12;/h10-12H,3-9H2,1-2H3,(H,13,14,15);/q;+1/p-1. The third kappa shape index (κ3) is 11.7. The average molecular weight is 274 g/mol. The summed E-state index contributed by atoms with van der Waals surface area (Å²) in [5.74, 6) is 0. The van der Waals surface area contributed by atoms with Crippen LogP contribution in [-0.4, -0.2) is 29.4 Å². The molecule has 0 saturated heterocycles. The molecule has 0 fully saturated rings. The maximum Gasteiger partial charge on any atom is 1.00 e. The van der Waals surface area contributed by atoms with E-state index in [9.17, 15) is 13.0 Å². The van der Waals surface area contributed by atoms with E-state index in [0.29, 0.717) is 25.7 Å². The van der Waals surface area contributed by atoms with Crippen LogP contribution in [0.4, 0.5) is 0 Å². The minimum absolute atomic E-state index is 0. The number of aliphatic hydroxyl groups excluding tert-OH is 1. The van der Waals surface area contributed by atoms with Crippen LogP contribution in [0.15, 0.2) is 0 Å². The summed E-state index contributed by atoms with van der Waals surface area (Å²) < 4.78 is 32.9. The zero-order chi connectivity index (χ0) is 12.6. The van der Waals surface area contributed by atoms with Crippen LogP contribution >= 0.6 is 0 Å². The van der Waals surface area contributed by atoms with E-state index in [1.807, 2.05) is 6.92 Å². The van der Waals surface area contributed by atoms with E-state index in [2.05, 4.69) is 0 Å². The van der Waals surface area contributed by atoms with E-state index >= 15 is 0 Å². The smallest absolute Gasteiger partial charge is 0.748 e. The van der Waals surface area contributed by atoms with Crippen LogP contribution in [-0.2, 0) is 10.1 Å². The van der Waals surface area contributed by atoms with Crippen molar-refractivity contribution in [1.82, 2.24) is 0 Å². The van der Waals surface area contributed by atoms with Gasteiger partial charge in [-0.25, -0.2) is 8.42 Å². The number of aliphatic hydroxyl groups is 1. The van der Waals surface area contributed by atoms with Crippen molar-refractivity contribution in [1.29, 1.82) is 0 Å². The van der Waals surface area contributed by atoms with Crippen molar-refractivity contribution < 1.29 is 47.6 Å². The second-order valence-electron chi connectivity index (χ2n) is 4.39. The van der Waals surface area contributed by atoms with Crippen LogP contribution in [0.1, 0.15) is 58.8 Å². The molecule has 6 heteroatoms. The first-order valence-electron chi connectivity index (χ1n) is 6.00. The van der Waals surface area contributed by atoms with E-state index in [0.717, 1.165) is 19.3 Å². The summed E-state index contributed by atoms with van der Waals surface area (Å²) in [6.07, 6.45) is 4.37. The average Bonchev–Trinajstić information content (AvgIpc) is 2.14. The molecule has 0 bridgehead atoms. The molecule has 2 atom stereocenters. The van der Waals surface area contributed by atoms with Gasteiger partial charge in [-0.15, -0.1) is 0 Å². The molecule has 1 N–H and O–H groups in total. The monoisotopic (exact) mass is 274 g/mol. The summed E-state index contributed by atoms with van der Waals surface area (Å²) in [6, 6.07) is 0. The Labute approximate surface area is 127 Å². The molecule has 98 valence electrons. The Kier molecular flexibility index (Phi) is 12.8. The Morgan fingerprint density at radius 2 is 1.59 bits per heavy atom. The van der Waals surface area contributed by atoms with Gasteiger partial charge < -0.3 is 9.66 Å². The van der Waals surface area contributed by atoms with E-state index < -0.39 is 15.4 Å². The third-order valence-electron chi connectivity index (χ3n) is 2.69. The predicted molar refractivity (Wildman–Crippen MR) is 63.2 cm³/mol. The quantitative estimate of drug-likeness (QED) is 0.333. The first kappa shape index (κ1) is 20.2. The molecule has 0 rings (SSSR count). The summed E-state index contributed by atoms with van der Waals surface area (Å²) >= 11 is 0. The maximum absolute atomic E-state index is 11.0. The molecule has 0 aromatic heterocycles. The molecule has 4 nitrogen and oxygen atoms in total. The van der Waals surface area contributed by atoms with Crippen LogP contribution in [0.25, 0.3) is 0 Å². The molecule has 0 aromatic rings. The molecule has 2 unspecified atom stereocenters. The summed E-state index contributed by atoms with van der Waals surface area (Å²) in [5.41, 5.74) is 0. The van der Waals surface area contributed by atoms with Gasteiger partial charge in [-0.05, 0) is 26.2 Å². The number of hydrogen-bond acceptors (Lipinski definition) is 4. The number of rotatable bonds is 9. The Morgan fingerprint density at radius 3 is 2.00 bits per heavy atom. The van der Waals surface area contributed by atoms with Gasteiger partial charge in [0.1, 0.15) is 0 Å². The van der Waals surface area contributed by atoms with Gasteiger partial charge in [0.2, 0.25) is 0 Å². The summed E-state index contributed by atoms with van der Waals surface area (Å²) in [4.78, 5) is 0. The van der Waals surface area contributed by atoms with Crippen LogP contribution in [0, 0.1) is 0 Å². The van der Waals surface area contributed by atoms with E-state index in [1.165, 1.54) is 0 Å². The number of unbranched alkanes of at least 4 members (excludes halogenated alkanes) is 2. The summed E-state index contributed by atoms with van der Waals surface area (Å²) in [5, 5.41) is 8.30. The second kappa shape index (κ2) is 10.8. The molecule has 0 spiro atoms. The van der Waals surface area contributed by atoms with Crippen LogP contribution < -0.4 is 29.6 Å². The molecule has 17 heavy (non-hydrogen) atoms. The van der Waals surface area contributed by atoms with Gasteiger partial charge in [0.25, 0.3) is 0 Å². The molecule has 0 amide bonds. The van der Waals surface area contributed by atoms with Crippen LogP contribution in [0.5, 0.6) is 0 Å². The van der Waals surface area contributed by atoms with Crippen molar-refractivity contribution in [2.75, 3.05) is 0 Å². The van der Waals surface area contributed by atoms with Gasteiger partial charge in [0.15, 0.2) is 0 Å².